The summed E-state index contributed by atoms with van der Waals surface area (Å²) in [6.45, 7) is 0.749. The molecule has 2 aromatic carbocycles. The lowest BCUT2D eigenvalue weighted by atomic mass is 10.1. The standard InChI is InChI=1S/C22H18N4O/c23-15-19-5-3-7-21(25-19)24-18-10-8-16(9-11-18)14-22(27)26-13-12-17-4-1-2-6-20(17)26/h1-11H,12-14H2,(H,24,25). The summed E-state index contributed by atoms with van der Waals surface area (Å²) in [5.41, 5.74) is 4.46. The first kappa shape index (κ1) is 16.8. The van der Waals surface area contributed by atoms with Gasteiger partial charge in [-0.2, -0.15) is 5.26 Å². The summed E-state index contributed by atoms with van der Waals surface area (Å²) in [4.78, 5) is 18.8. The molecule has 0 aliphatic carbocycles. The molecule has 4 rings (SSSR count). The minimum Gasteiger partial charge on any atom is -0.340 e. The van der Waals surface area contributed by atoms with Gasteiger partial charge in [0.15, 0.2) is 0 Å². The van der Waals surface area contributed by atoms with Gasteiger partial charge < -0.3 is 10.2 Å². The quantitative estimate of drug-likeness (QED) is 0.773. The lowest BCUT2D eigenvalue weighted by Crippen LogP contribution is -2.30. The van der Waals surface area contributed by atoms with Gasteiger partial charge in [0.2, 0.25) is 5.91 Å². The van der Waals surface area contributed by atoms with E-state index >= 15 is 0 Å². The molecule has 0 radical (unpaired) electrons. The van der Waals surface area contributed by atoms with Gasteiger partial charge in [-0.3, -0.25) is 4.79 Å². The second kappa shape index (κ2) is 7.30. The van der Waals surface area contributed by atoms with E-state index in [1.54, 1.807) is 12.1 Å². The number of carbonyl (C=O) groups is 1. The topological polar surface area (TPSA) is 69.0 Å². The first-order chi connectivity index (χ1) is 13.2. The van der Waals surface area contributed by atoms with Crippen molar-refractivity contribution in [1.82, 2.24) is 4.98 Å². The monoisotopic (exact) mass is 354 g/mol. The van der Waals surface area contributed by atoms with Gasteiger partial charge in [0.05, 0.1) is 6.42 Å². The van der Waals surface area contributed by atoms with E-state index in [1.807, 2.05) is 59.5 Å². The molecule has 1 aliphatic rings. The molecule has 0 saturated carbocycles. The van der Waals surface area contributed by atoms with Crippen LogP contribution >= 0.6 is 0 Å². The SMILES string of the molecule is N#Cc1cccc(Nc2ccc(CC(=O)N3CCc4ccccc43)cc2)n1. The van der Waals surface area contributed by atoms with Crippen molar-refractivity contribution in [3.05, 3.63) is 83.6 Å². The maximum Gasteiger partial charge on any atom is 0.231 e. The van der Waals surface area contributed by atoms with Crippen LogP contribution in [0.2, 0.25) is 0 Å². The van der Waals surface area contributed by atoms with Gasteiger partial charge in [0.25, 0.3) is 0 Å². The number of pyridine rings is 1. The summed E-state index contributed by atoms with van der Waals surface area (Å²) in [6.07, 6.45) is 1.29. The Kier molecular flexibility index (Phi) is 4.54. The fourth-order valence-electron chi connectivity index (χ4n) is 3.29. The molecule has 2 heterocycles. The highest BCUT2D eigenvalue weighted by atomic mass is 16.2. The van der Waals surface area contributed by atoms with E-state index in [9.17, 15) is 4.79 Å². The number of aromatic nitrogens is 1. The highest BCUT2D eigenvalue weighted by Gasteiger charge is 2.23. The maximum atomic E-state index is 12.7. The Hall–Kier alpha value is -3.65. The maximum absolute atomic E-state index is 12.7. The second-order valence-electron chi connectivity index (χ2n) is 6.44. The molecular formula is C22H18N4O. The molecule has 0 saturated heterocycles. The summed E-state index contributed by atoms with van der Waals surface area (Å²) in [5.74, 6) is 0.732. The van der Waals surface area contributed by atoms with Gasteiger partial charge in [0, 0.05) is 17.9 Å². The Bertz CT molecular complexity index is 1020. The fourth-order valence-corrected chi connectivity index (χ4v) is 3.29. The third-order valence-electron chi connectivity index (χ3n) is 4.63. The number of nitrogens with zero attached hydrogens (tertiary/aromatic N) is 3. The zero-order valence-electron chi connectivity index (χ0n) is 14.7. The van der Waals surface area contributed by atoms with Crippen LogP contribution in [-0.2, 0) is 17.6 Å². The summed E-state index contributed by atoms with van der Waals surface area (Å²) in [5, 5.41) is 12.1. The van der Waals surface area contributed by atoms with Crippen molar-refractivity contribution in [2.24, 2.45) is 0 Å². The van der Waals surface area contributed by atoms with Gasteiger partial charge in [-0.25, -0.2) is 4.98 Å². The lowest BCUT2D eigenvalue weighted by Gasteiger charge is -2.17. The molecule has 0 fully saturated rings. The van der Waals surface area contributed by atoms with Crippen molar-refractivity contribution in [2.75, 3.05) is 16.8 Å². The summed E-state index contributed by atoms with van der Waals surface area (Å²) >= 11 is 0. The van der Waals surface area contributed by atoms with Crippen LogP contribution in [0, 0.1) is 11.3 Å². The Morgan fingerprint density at radius 3 is 2.70 bits per heavy atom. The van der Waals surface area contributed by atoms with Crippen molar-refractivity contribution < 1.29 is 4.79 Å². The van der Waals surface area contributed by atoms with Gasteiger partial charge in [-0.15, -0.1) is 0 Å². The Morgan fingerprint density at radius 2 is 1.89 bits per heavy atom. The number of fused-ring (bicyclic) bond motifs is 1. The van der Waals surface area contributed by atoms with Crippen LogP contribution in [0.3, 0.4) is 0 Å². The van der Waals surface area contributed by atoms with E-state index < -0.39 is 0 Å². The number of nitrogens with one attached hydrogen (secondary N) is 1. The van der Waals surface area contributed by atoms with E-state index in [4.69, 9.17) is 5.26 Å². The number of rotatable bonds is 4. The van der Waals surface area contributed by atoms with Gasteiger partial charge in [-0.1, -0.05) is 36.4 Å². The van der Waals surface area contributed by atoms with Gasteiger partial charge >= 0.3 is 0 Å². The highest BCUT2D eigenvalue weighted by molar-refractivity contribution is 5.96. The number of benzene rings is 2. The third kappa shape index (κ3) is 3.65. The number of hydrogen-bond donors (Lipinski definition) is 1. The molecule has 5 nitrogen and oxygen atoms in total. The molecule has 3 aromatic rings. The molecule has 1 aromatic heterocycles. The third-order valence-corrected chi connectivity index (χ3v) is 4.63. The molecule has 0 atom stereocenters. The van der Waals surface area contributed by atoms with Crippen molar-refractivity contribution in [3.8, 4) is 6.07 Å². The number of para-hydroxylation sites is 1. The van der Waals surface area contributed by atoms with E-state index in [-0.39, 0.29) is 5.91 Å². The van der Waals surface area contributed by atoms with E-state index in [2.05, 4.69) is 16.4 Å². The van der Waals surface area contributed by atoms with Crippen molar-refractivity contribution in [3.63, 3.8) is 0 Å². The minimum absolute atomic E-state index is 0.115. The zero-order valence-corrected chi connectivity index (χ0v) is 14.7. The summed E-state index contributed by atoms with van der Waals surface area (Å²) < 4.78 is 0. The van der Waals surface area contributed by atoms with Crippen LogP contribution in [0.5, 0.6) is 0 Å². The molecule has 132 valence electrons. The Morgan fingerprint density at radius 1 is 1.07 bits per heavy atom. The van der Waals surface area contributed by atoms with Gasteiger partial charge in [-0.05, 0) is 47.9 Å². The number of anilines is 3. The molecule has 0 spiro atoms. The van der Waals surface area contributed by atoms with Crippen LogP contribution in [0.25, 0.3) is 0 Å². The smallest absolute Gasteiger partial charge is 0.231 e. The van der Waals surface area contributed by atoms with E-state index in [1.165, 1.54) is 5.56 Å². The Labute approximate surface area is 157 Å². The predicted molar refractivity (Wildman–Crippen MR) is 105 cm³/mol. The molecule has 1 aliphatic heterocycles. The lowest BCUT2D eigenvalue weighted by molar-refractivity contribution is -0.117. The van der Waals surface area contributed by atoms with Crippen molar-refractivity contribution in [2.45, 2.75) is 12.8 Å². The number of amides is 1. The molecule has 5 heteroatoms. The van der Waals surface area contributed by atoms with E-state index in [0.29, 0.717) is 17.9 Å². The van der Waals surface area contributed by atoms with Crippen LogP contribution < -0.4 is 10.2 Å². The Balaban J connectivity index is 1.42. The normalized spacial score (nSPS) is 12.3. The van der Waals surface area contributed by atoms with Crippen LogP contribution in [-0.4, -0.2) is 17.4 Å². The largest absolute Gasteiger partial charge is 0.340 e. The number of carbonyl (C=O) groups excluding carboxylic acids is 1. The number of hydrogen-bond acceptors (Lipinski definition) is 4. The highest BCUT2D eigenvalue weighted by Crippen LogP contribution is 2.28. The average molecular weight is 354 g/mol. The predicted octanol–water partition coefficient (Wildman–Crippen LogP) is 3.83. The average Bonchev–Trinajstić information content (AvgIpc) is 3.14. The van der Waals surface area contributed by atoms with E-state index in [0.717, 1.165) is 29.9 Å². The summed E-state index contributed by atoms with van der Waals surface area (Å²) in [7, 11) is 0. The van der Waals surface area contributed by atoms with Crippen molar-refractivity contribution in [1.29, 1.82) is 5.26 Å². The van der Waals surface area contributed by atoms with Crippen LogP contribution in [0.1, 0.15) is 16.8 Å². The minimum atomic E-state index is 0.115. The fraction of sp³-hybridized carbons (Fsp3) is 0.136. The molecule has 0 bridgehead atoms. The molecule has 1 amide bonds. The van der Waals surface area contributed by atoms with Gasteiger partial charge in [0.1, 0.15) is 17.6 Å². The second-order valence-corrected chi connectivity index (χ2v) is 6.44. The number of nitriles is 1. The molecule has 0 unspecified atom stereocenters. The van der Waals surface area contributed by atoms with Crippen molar-refractivity contribution >= 4 is 23.1 Å². The summed E-state index contributed by atoms with van der Waals surface area (Å²) in [6, 6.07) is 23.1. The molecule has 1 N–H and O–H groups in total. The van der Waals surface area contributed by atoms with Crippen LogP contribution in [0.4, 0.5) is 17.2 Å². The first-order valence-corrected chi connectivity index (χ1v) is 8.84. The molecule has 27 heavy (non-hydrogen) atoms. The zero-order chi connectivity index (χ0) is 18.6. The van der Waals surface area contributed by atoms with Crippen LogP contribution in [0.15, 0.2) is 66.7 Å². The first-order valence-electron chi connectivity index (χ1n) is 8.84. The molecular weight excluding hydrogens is 336 g/mol.